The van der Waals surface area contributed by atoms with Gasteiger partial charge in [0.15, 0.2) is 0 Å². The predicted molar refractivity (Wildman–Crippen MR) is 118 cm³/mol. The third-order valence-corrected chi connectivity index (χ3v) is 5.51. The molecule has 1 aliphatic heterocycles. The Bertz CT molecular complexity index is 1090. The number of benzene rings is 2. The fourth-order valence-electron chi connectivity index (χ4n) is 3.49. The molecule has 0 amide bonds. The third-order valence-electron chi connectivity index (χ3n) is 4.77. The molecule has 32 heavy (non-hydrogen) atoms. The summed E-state index contributed by atoms with van der Waals surface area (Å²) in [4.78, 5) is 0. The highest BCUT2D eigenvalue weighted by atomic mass is 32.2. The Balaban J connectivity index is 1.92. The van der Waals surface area contributed by atoms with Crippen LogP contribution in [-0.2, 0) is 20.5 Å². The number of sulfonamides is 1. The predicted octanol–water partition coefficient (Wildman–Crippen LogP) is 4.72. The fourth-order valence-corrected chi connectivity index (χ4v) is 4.14. The first-order chi connectivity index (χ1) is 15.3. The molecule has 1 unspecified atom stereocenters. The molecule has 0 aliphatic carbocycles. The average Bonchev–Trinajstić information content (AvgIpc) is 2.71. The van der Waals surface area contributed by atoms with Crippen molar-refractivity contribution in [3.8, 4) is 22.6 Å². The van der Waals surface area contributed by atoms with E-state index in [0.717, 1.165) is 6.42 Å². The van der Waals surface area contributed by atoms with Gasteiger partial charge in [-0.25, -0.2) is 13.6 Å². The van der Waals surface area contributed by atoms with Crippen molar-refractivity contribution in [2.45, 2.75) is 31.3 Å². The van der Waals surface area contributed by atoms with Crippen molar-refractivity contribution < 1.29 is 31.4 Å². The number of ether oxygens (including phenoxy) is 3. The van der Waals surface area contributed by atoms with Gasteiger partial charge in [-0.3, -0.25) is 0 Å². The molecule has 3 rings (SSSR count). The molecule has 0 fully saturated rings. The second-order valence-electron chi connectivity index (χ2n) is 7.20. The molecule has 6 nitrogen and oxygen atoms in total. The van der Waals surface area contributed by atoms with Gasteiger partial charge in [-0.05, 0) is 29.7 Å². The van der Waals surface area contributed by atoms with Crippen molar-refractivity contribution in [2.24, 2.45) is 5.14 Å². The van der Waals surface area contributed by atoms with Crippen molar-refractivity contribution in [3.05, 3.63) is 72.3 Å². The first-order valence-electron chi connectivity index (χ1n) is 10.0. The van der Waals surface area contributed by atoms with E-state index in [4.69, 9.17) is 19.3 Å². The summed E-state index contributed by atoms with van der Waals surface area (Å²) < 4.78 is 65.2. The molecule has 1 aliphatic rings. The third kappa shape index (κ3) is 6.38. The lowest BCUT2D eigenvalue weighted by molar-refractivity contribution is -0.0496. The maximum Gasteiger partial charge on any atom is 0.387 e. The molecule has 9 heteroatoms. The van der Waals surface area contributed by atoms with Crippen LogP contribution in [0.5, 0.6) is 11.5 Å². The van der Waals surface area contributed by atoms with Crippen LogP contribution in [0.25, 0.3) is 11.1 Å². The van der Waals surface area contributed by atoms with Gasteiger partial charge in [-0.1, -0.05) is 42.5 Å². The number of rotatable bonds is 11. The van der Waals surface area contributed by atoms with Crippen molar-refractivity contribution in [1.29, 1.82) is 0 Å². The van der Waals surface area contributed by atoms with Crippen LogP contribution in [0.2, 0.25) is 0 Å². The number of halogens is 2. The summed E-state index contributed by atoms with van der Waals surface area (Å²) >= 11 is 0. The Morgan fingerprint density at radius 2 is 2.03 bits per heavy atom. The lowest BCUT2D eigenvalue weighted by atomic mass is 9.89. The van der Waals surface area contributed by atoms with Crippen LogP contribution in [0.3, 0.4) is 0 Å². The normalized spacial score (nSPS) is 15.3. The van der Waals surface area contributed by atoms with Gasteiger partial charge in [0.05, 0.1) is 24.5 Å². The van der Waals surface area contributed by atoms with Gasteiger partial charge in [-0.15, -0.1) is 6.58 Å². The molecule has 172 valence electrons. The molecule has 0 radical (unpaired) electrons. The Labute approximate surface area is 186 Å². The van der Waals surface area contributed by atoms with Crippen LogP contribution in [-0.4, -0.2) is 28.2 Å². The van der Waals surface area contributed by atoms with Crippen LogP contribution in [0, 0.1) is 0 Å². The topological polar surface area (TPSA) is 87.8 Å². The van der Waals surface area contributed by atoms with Gasteiger partial charge < -0.3 is 14.2 Å². The van der Waals surface area contributed by atoms with E-state index in [1.165, 1.54) is 6.07 Å². The molecule has 2 N–H and O–H groups in total. The average molecular weight is 466 g/mol. The SMILES string of the molecule is C=CCCOCC=CCC1Oc2cccc(OC(F)F)c2-c2ccc(CS(N)(=O)=O)cc21. The minimum atomic E-state index is -3.74. The number of nitrogens with two attached hydrogens (primary N) is 1. The highest BCUT2D eigenvalue weighted by Gasteiger charge is 2.29. The van der Waals surface area contributed by atoms with E-state index in [-0.39, 0.29) is 11.5 Å². The molecule has 0 saturated heterocycles. The van der Waals surface area contributed by atoms with Gasteiger partial charge in [0.25, 0.3) is 0 Å². The summed E-state index contributed by atoms with van der Waals surface area (Å²) in [6.07, 6.45) is 6.32. The van der Waals surface area contributed by atoms with E-state index >= 15 is 0 Å². The highest BCUT2D eigenvalue weighted by Crippen LogP contribution is 2.48. The van der Waals surface area contributed by atoms with Gasteiger partial charge in [-0.2, -0.15) is 8.78 Å². The minimum absolute atomic E-state index is 0.0115. The quantitative estimate of drug-likeness (QED) is 0.383. The second-order valence-corrected chi connectivity index (χ2v) is 8.82. The Hall–Kier alpha value is -2.75. The number of fused-ring (bicyclic) bond motifs is 3. The molecule has 1 heterocycles. The largest absolute Gasteiger partial charge is 0.485 e. The number of alkyl halides is 2. The standard InChI is InChI=1S/C23H25F2NO5S/c1-2-3-12-29-13-5-4-7-19-18-14-16(15-32(26,27)28)10-11-17(18)22-20(30-19)8-6-9-21(22)31-23(24)25/h2,4-6,8-11,14,19,23H,1,3,7,12-13,15H2,(H2,26,27,28). The molecule has 0 saturated carbocycles. The zero-order chi connectivity index (χ0) is 23.1. The van der Waals surface area contributed by atoms with Crippen LogP contribution in [0.15, 0.2) is 61.2 Å². The van der Waals surface area contributed by atoms with E-state index < -0.39 is 22.7 Å². The van der Waals surface area contributed by atoms with Crippen molar-refractivity contribution in [2.75, 3.05) is 13.2 Å². The smallest absolute Gasteiger partial charge is 0.387 e. The van der Waals surface area contributed by atoms with Gasteiger partial charge >= 0.3 is 6.61 Å². The van der Waals surface area contributed by atoms with Crippen LogP contribution in [0.1, 0.15) is 30.1 Å². The Morgan fingerprint density at radius 1 is 1.22 bits per heavy atom. The van der Waals surface area contributed by atoms with Crippen molar-refractivity contribution in [1.82, 2.24) is 0 Å². The van der Waals surface area contributed by atoms with Gasteiger partial charge in [0, 0.05) is 12.0 Å². The number of hydrogen-bond acceptors (Lipinski definition) is 5. The summed E-state index contributed by atoms with van der Waals surface area (Å²) in [6, 6.07) is 9.68. The molecule has 0 aromatic heterocycles. The molecule has 1 atom stereocenters. The maximum absolute atomic E-state index is 12.9. The summed E-state index contributed by atoms with van der Waals surface area (Å²) in [6.45, 7) is 1.65. The second kappa shape index (κ2) is 10.7. The molecule has 0 spiro atoms. The lowest BCUT2D eigenvalue weighted by Gasteiger charge is -2.30. The molecular formula is C23H25F2NO5S. The zero-order valence-corrected chi connectivity index (χ0v) is 18.2. The Kier molecular flexibility index (Phi) is 8.00. The van der Waals surface area contributed by atoms with E-state index in [2.05, 4.69) is 6.58 Å². The Morgan fingerprint density at radius 3 is 2.75 bits per heavy atom. The van der Waals surface area contributed by atoms with Crippen LogP contribution < -0.4 is 14.6 Å². The lowest BCUT2D eigenvalue weighted by Crippen LogP contribution is -2.17. The van der Waals surface area contributed by atoms with E-state index in [1.807, 2.05) is 12.2 Å². The van der Waals surface area contributed by atoms with Gasteiger partial charge in [0.2, 0.25) is 10.0 Å². The molecule has 2 aromatic carbocycles. The molecular weight excluding hydrogens is 440 g/mol. The monoisotopic (exact) mass is 465 g/mol. The number of primary sulfonamides is 1. The number of hydrogen-bond donors (Lipinski definition) is 1. The van der Waals surface area contributed by atoms with Crippen LogP contribution in [0.4, 0.5) is 8.78 Å². The summed E-state index contributed by atoms with van der Waals surface area (Å²) in [5, 5.41) is 5.19. The molecule has 0 bridgehead atoms. The highest BCUT2D eigenvalue weighted by molar-refractivity contribution is 7.88. The van der Waals surface area contributed by atoms with E-state index in [0.29, 0.717) is 47.6 Å². The van der Waals surface area contributed by atoms with Crippen molar-refractivity contribution >= 4 is 10.0 Å². The summed E-state index contributed by atoms with van der Waals surface area (Å²) in [5.41, 5.74) is 2.19. The summed E-state index contributed by atoms with van der Waals surface area (Å²) in [7, 11) is -3.74. The minimum Gasteiger partial charge on any atom is -0.485 e. The first kappa shape index (κ1) is 23.9. The maximum atomic E-state index is 12.9. The molecule has 2 aromatic rings. The zero-order valence-electron chi connectivity index (χ0n) is 17.4. The van der Waals surface area contributed by atoms with Crippen LogP contribution >= 0.6 is 0 Å². The van der Waals surface area contributed by atoms with E-state index in [9.17, 15) is 17.2 Å². The fraction of sp³-hybridized carbons (Fsp3) is 0.304. The van der Waals surface area contributed by atoms with E-state index in [1.54, 1.807) is 36.4 Å². The van der Waals surface area contributed by atoms with Gasteiger partial charge in [0.1, 0.15) is 17.6 Å². The van der Waals surface area contributed by atoms with Crippen molar-refractivity contribution in [3.63, 3.8) is 0 Å². The first-order valence-corrected chi connectivity index (χ1v) is 11.7. The summed E-state index contributed by atoms with van der Waals surface area (Å²) in [5.74, 6) is 0.0557.